The van der Waals surface area contributed by atoms with E-state index in [0.717, 1.165) is 32.4 Å². The van der Waals surface area contributed by atoms with Crippen molar-refractivity contribution in [2.45, 2.75) is 52.4 Å². The van der Waals surface area contributed by atoms with Crippen LogP contribution in [0.15, 0.2) is 0 Å². The van der Waals surface area contributed by atoms with Gasteiger partial charge >= 0.3 is 7.60 Å². The molecule has 0 aromatic heterocycles. The van der Waals surface area contributed by atoms with Crippen LogP contribution in [0.25, 0.3) is 0 Å². The van der Waals surface area contributed by atoms with E-state index in [-0.39, 0.29) is 6.16 Å². The van der Waals surface area contributed by atoms with Crippen molar-refractivity contribution in [2.24, 2.45) is 0 Å². The van der Waals surface area contributed by atoms with Crippen LogP contribution in [0.1, 0.15) is 52.4 Å². The highest BCUT2D eigenvalue weighted by atomic mass is 31.2. The lowest BCUT2D eigenvalue weighted by Gasteiger charge is -2.10. The Labute approximate surface area is 106 Å². The van der Waals surface area contributed by atoms with Crippen LogP contribution < -0.4 is 5.32 Å². The molecule has 0 saturated carbocycles. The van der Waals surface area contributed by atoms with Crippen molar-refractivity contribution in [1.82, 2.24) is 5.32 Å². The van der Waals surface area contributed by atoms with Gasteiger partial charge in [-0.25, -0.2) is 0 Å². The maximum Gasteiger partial charge on any atom is 0.328 e. The summed E-state index contributed by atoms with van der Waals surface area (Å²) >= 11 is 0. The number of hydrogen-bond acceptors (Lipinski definition) is 3. The molecule has 0 aliphatic rings. The lowest BCUT2D eigenvalue weighted by atomic mass is 10.2. The van der Waals surface area contributed by atoms with Crippen LogP contribution in [0.3, 0.4) is 0 Å². The summed E-state index contributed by atoms with van der Waals surface area (Å²) in [4.78, 5) is 9.33. The molecule has 0 rings (SSSR count). The van der Waals surface area contributed by atoms with Crippen molar-refractivity contribution in [1.29, 1.82) is 0 Å². The summed E-state index contributed by atoms with van der Waals surface area (Å²) in [5.41, 5.74) is 0. The molecule has 0 heterocycles. The average molecular weight is 265 g/mol. The largest absolute Gasteiger partial charge is 0.328 e. The van der Waals surface area contributed by atoms with Gasteiger partial charge in [0.15, 0.2) is 0 Å². The van der Waals surface area contributed by atoms with Gasteiger partial charge in [-0.2, -0.15) is 0 Å². The number of rotatable bonds is 12. The summed E-state index contributed by atoms with van der Waals surface area (Å²) in [5, 5.41) is 3.38. The second kappa shape index (κ2) is 11.2. The van der Waals surface area contributed by atoms with Crippen LogP contribution in [0, 0.1) is 0 Å². The molecule has 1 unspecified atom stereocenters. The summed E-state index contributed by atoms with van der Waals surface area (Å²) in [7, 11) is -3.28. The first-order valence-electron chi connectivity index (χ1n) is 6.79. The lowest BCUT2D eigenvalue weighted by Crippen LogP contribution is -2.16. The molecule has 0 radical (unpaired) electrons. The molecular formula is C12H28NO3P. The van der Waals surface area contributed by atoms with E-state index in [1.807, 2.05) is 0 Å². The molecule has 0 aliphatic heterocycles. The predicted molar refractivity (Wildman–Crippen MR) is 72.6 cm³/mol. The highest BCUT2D eigenvalue weighted by Crippen LogP contribution is 2.42. The molecule has 0 aromatic rings. The van der Waals surface area contributed by atoms with E-state index in [9.17, 15) is 9.46 Å². The van der Waals surface area contributed by atoms with Crippen LogP contribution in [0.4, 0.5) is 0 Å². The first kappa shape index (κ1) is 17.1. The van der Waals surface area contributed by atoms with E-state index in [1.54, 1.807) is 6.92 Å². The third-order valence-corrected chi connectivity index (χ3v) is 4.13. The molecule has 0 bridgehead atoms. The van der Waals surface area contributed by atoms with Crippen LogP contribution in [0.5, 0.6) is 0 Å². The third kappa shape index (κ3) is 12.4. The van der Waals surface area contributed by atoms with Crippen molar-refractivity contribution >= 4 is 7.60 Å². The molecule has 0 saturated heterocycles. The van der Waals surface area contributed by atoms with Gasteiger partial charge in [-0.1, -0.05) is 26.2 Å². The van der Waals surface area contributed by atoms with Crippen LogP contribution in [-0.2, 0) is 9.09 Å². The first-order chi connectivity index (χ1) is 8.12. The van der Waals surface area contributed by atoms with E-state index in [4.69, 9.17) is 4.52 Å². The van der Waals surface area contributed by atoms with Gasteiger partial charge in [-0.05, 0) is 39.3 Å². The minimum atomic E-state index is -3.28. The zero-order valence-corrected chi connectivity index (χ0v) is 12.2. The Kier molecular flexibility index (Phi) is 11.3. The van der Waals surface area contributed by atoms with Gasteiger partial charge in [0, 0.05) is 6.16 Å². The van der Waals surface area contributed by atoms with Gasteiger partial charge in [-0.15, -0.1) is 0 Å². The average Bonchev–Trinajstić information content (AvgIpc) is 2.27. The Hall–Kier alpha value is 0.110. The van der Waals surface area contributed by atoms with Crippen molar-refractivity contribution < 1.29 is 14.0 Å². The first-order valence-corrected chi connectivity index (χ1v) is 8.55. The molecule has 0 spiro atoms. The summed E-state index contributed by atoms with van der Waals surface area (Å²) in [6.07, 6.45) is 6.89. The van der Waals surface area contributed by atoms with Gasteiger partial charge in [-0.3, -0.25) is 4.57 Å². The zero-order valence-electron chi connectivity index (χ0n) is 11.3. The Morgan fingerprint density at radius 3 is 2.29 bits per heavy atom. The van der Waals surface area contributed by atoms with E-state index in [2.05, 4.69) is 12.2 Å². The Bertz CT molecular complexity index is 212. The molecule has 0 aromatic carbocycles. The SMILES string of the molecule is CCCCCNCCCCCP(=O)(O)OCC. The summed E-state index contributed by atoms with van der Waals surface area (Å²) < 4.78 is 16.1. The fraction of sp³-hybridized carbons (Fsp3) is 1.00. The molecule has 0 aliphatic carbocycles. The molecular weight excluding hydrogens is 237 g/mol. The lowest BCUT2D eigenvalue weighted by molar-refractivity contribution is 0.273. The van der Waals surface area contributed by atoms with Gasteiger partial charge in [0.2, 0.25) is 0 Å². The zero-order chi connectivity index (χ0) is 13.0. The van der Waals surface area contributed by atoms with E-state index >= 15 is 0 Å². The Morgan fingerprint density at radius 1 is 1.06 bits per heavy atom. The van der Waals surface area contributed by atoms with Crippen LogP contribution in [0.2, 0.25) is 0 Å². The Balaban J connectivity index is 3.21. The van der Waals surface area contributed by atoms with Crippen LogP contribution in [-0.4, -0.2) is 30.8 Å². The van der Waals surface area contributed by atoms with Crippen molar-refractivity contribution in [3.05, 3.63) is 0 Å². The fourth-order valence-corrected chi connectivity index (χ4v) is 2.79. The smallest absolute Gasteiger partial charge is 0.324 e. The molecule has 17 heavy (non-hydrogen) atoms. The van der Waals surface area contributed by atoms with Crippen LogP contribution >= 0.6 is 7.60 Å². The van der Waals surface area contributed by atoms with Gasteiger partial charge < -0.3 is 14.7 Å². The van der Waals surface area contributed by atoms with Gasteiger partial charge in [0.1, 0.15) is 0 Å². The predicted octanol–water partition coefficient (Wildman–Crippen LogP) is 3.16. The summed E-state index contributed by atoms with van der Waals surface area (Å²) in [6.45, 7) is 6.35. The van der Waals surface area contributed by atoms with E-state index < -0.39 is 7.60 Å². The second-order valence-electron chi connectivity index (χ2n) is 4.30. The van der Waals surface area contributed by atoms with E-state index in [0.29, 0.717) is 6.61 Å². The fourth-order valence-electron chi connectivity index (χ4n) is 1.63. The molecule has 0 amide bonds. The minimum absolute atomic E-state index is 0.288. The minimum Gasteiger partial charge on any atom is -0.324 e. The Morgan fingerprint density at radius 2 is 1.71 bits per heavy atom. The molecule has 104 valence electrons. The second-order valence-corrected chi connectivity index (χ2v) is 6.28. The van der Waals surface area contributed by atoms with Gasteiger partial charge in [0.05, 0.1) is 6.61 Å². The number of nitrogens with one attached hydrogen (secondary N) is 1. The number of unbranched alkanes of at least 4 members (excludes halogenated alkanes) is 4. The van der Waals surface area contributed by atoms with Crippen molar-refractivity contribution in [3.8, 4) is 0 Å². The summed E-state index contributed by atoms with van der Waals surface area (Å²) in [5.74, 6) is 0. The quantitative estimate of drug-likeness (QED) is 0.420. The molecule has 4 nitrogen and oxygen atoms in total. The van der Waals surface area contributed by atoms with Crippen molar-refractivity contribution in [3.63, 3.8) is 0 Å². The topological polar surface area (TPSA) is 58.6 Å². The normalized spacial score (nSPS) is 14.8. The molecule has 1 atom stereocenters. The summed E-state index contributed by atoms with van der Waals surface area (Å²) in [6, 6.07) is 0. The maximum absolute atomic E-state index is 11.3. The number of hydrogen-bond donors (Lipinski definition) is 2. The highest BCUT2D eigenvalue weighted by molar-refractivity contribution is 7.52. The van der Waals surface area contributed by atoms with E-state index in [1.165, 1.54) is 19.3 Å². The monoisotopic (exact) mass is 265 g/mol. The molecule has 2 N–H and O–H groups in total. The standard InChI is InChI=1S/C12H28NO3P/c1-3-5-7-10-13-11-8-6-9-12-17(14,15)16-4-2/h13H,3-12H2,1-2H3,(H,14,15). The third-order valence-electron chi connectivity index (χ3n) is 2.58. The van der Waals surface area contributed by atoms with Crippen molar-refractivity contribution in [2.75, 3.05) is 25.9 Å². The molecule has 5 heteroatoms. The molecule has 0 fully saturated rings. The van der Waals surface area contributed by atoms with Gasteiger partial charge in [0.25, 0.3) is 0 Å². The maximum atomic E-state index is 11.3. The highest BCUT2D eigenvalue weighted by Gasteiger charge is 2.16.